The molecule has 2 aromatic rings. The second kappa shape index (κ2) is 11.3. The molecule has 0 saturated carbocycles. The highest BCUT2D eigenvalue weighted by Gasteiger charge is 2.06. The number of amides is 1. The number of carbonyl (C=O) groups is 1. The lowest BCUT2D eigenvalue weighted by molar-refractivity contribution is -0.127. The number of thiazole rings is 1. The first-order valence-corrected chi connectivity index (χ1v) is 10.1. The van der Waals surface area contributed by atoms with Crippen LogP contribution in [0, 0.1) is 0 Å². The number of nitrogens with zero attached hydrogens (tertiary/aromatic N) is 3. The van der Waals surface area contributed by atoms with E-state index in [1.54, 1.807) is 32.5 Å². The molecular formula is C20H29N5O2S. The Hall–Kier alpha value is -2.61. The highest BCUT2D eigenvalue weighted by atomic mass is 32.1. The largest absolute Gasteiger partial charge is 0.497 e. The number of guanidine groups is 1. The maximum atomic E-state index is 11.9. The van der Waals surface area contributed by atoms with Crippen LogP contribution in [0.15, 0.2) is 35.5 Å². The third kappa shape index (κ3) is 7.19. The Balaban J connectivity index is 1.92. The van der Waals surface area contributed by atoms with E-state index in [0.717, 1.165) is 23.6 Å². The van der Waals surface area contributed by atoms with Gasteiger partial charge in [0.25, 0.3) is 0 Å². The molecule has 2 rings (SSSR count). The average molecular weight is 404 g/mol. The second-order valence-electron chi connectivity index (χ2n) is 6.41. The third-order valence-corrected chi connectivity index (χ3v) is 5.24. The third-order valence-electron chi connectivity index (χ3n) is 4.09. The van der Waals surface area contributed by atoms with Crippen molar-refractivity contribution in [3.63, 3.8) is 0 Å². The van der Waals surface area contributed by atoms with Crippen LogP contribution in [-0.4, -0.2) is 56.0 Å². The summed E-state index contributed by atoms with van der Waals surface area (Å²) in [4.78, 5) is 23.5. The van der Waals surface area contributed by atoms with Gasteiger partial charge in [-0.2, -0.15) is 0 Å². The van der Waals surface area contributed by atoms with Crippen LogP contribution in [0.4, 0.5) is 0 Å². The SMILES string of the molecule is CCc1cnc(CNC(=NCC(=O)N(C)C)NCCc2ccc(OC)cc2)s1. The van der Waals surface area contributed by atoms with Gasteiger partial charge in [-0.05, 0) is 30.5 Å². The number of rotatable bonds is 9. The lowest BCUT2D eigenvalue weighted by atomic mass is 10.1. The molecule has 0 fully saturated rings. The molecule has 0 atom stereocenters. The smallest absolute Gasteiger partial charge is 0.243 e. The summed E-state index contributed by atoms with van der Waals surface area (Å²) in [6.07, 6.45) is 3.73. The zero-order valence-electron chi connectivity index (χ0n) is 17.0. The number of ether oxygens (including phenoxy) is 1. The van der Waals surface area contributed by atoms with E-state index in [0.29, 0.717) is 19.0 Å². The van der Waals surface area contributed by atoms with Gasteiger partial charge in [0, 0.05) is 31.7 Å². The Labute approximate surface area is 170 Å². The number of methoxy groups -OCH3 is 1. The maximum Gasteiger partial charge on any atom is 0.243 e. The summed E-state index contributed by atoms with van der Waals surface area (Å²) in [7, 11) is 5.11. The first-order chi connectivity index (χ1) is 13.5. The van der Waals surface area contributed by atoms with E-state index in [1.807, 2.05) is 30.5 Å². The Kier molecular flexibility index (Phi) is 8.74. The molecule has 2 N–H and O–H groups in total. The summed E-state index contributed by atoms with van der Waals surface area (Å²) in [6, 6.07) is 7.99. The van der Waals surface area contributed by atoms with Crippen molar-refractivity contribution >= 4 is 23.2 Å². The van der Waals surface area contributed by atoms with E-state index >= 15 is 0 Å². The molecule has 28 heavy (non-hydrogen) atoms. The minimum atomic E-state index is -0.0428. The quantitative estimate of drug-likeness (QED) is 0.495. The van der Waals surface area contributed by atoms with Crippen molar-refractivity contribution < 1.29 is 9.53 Å². The molecule has 0 saturated heterocycles. The average Bonchev–Trinajstić information content (AvgIpc) is 3.17. The number of carbonyl (C=O) groups excluding carboxylic acids is 1. The number of aliphatic imine (C=N–C) groups is 1. The maximum absolute atomic E-state index is 11.9. The monoisotopic (exact) mass is 403 g/mol. The molecule has 0 bridgehead atoms. The molecular weight excluding hydrogens is 374 g/mol. The van der Waals surface area contributed by atoms with E-state index in [1.165, 1.54) is 15.3 Å². The first kappa shape index (κ1) is 21.7. The second-order valence-corrected chi connectivity index (χ2v) is 7.61. The topological polar surface area (TPSA) is 78.9 Å². The first-order valence-electron chi connectivity index (χ1n) is 9.30. The minimum Gasteiger partial charge on any atom is -0.497 e. The lowest BCUT2D eigenvalue weighted by Crippen LogP contribution is -2.39. The van der Waals surface area contributed by atoms with Crippen molar-refractivity contribution in [2.45, 2.75) is 26.3 Å². The zero-order valence-corrected chi connectivity index (χ0v) is 17.8. The molecule has 1 heterocycles. The van der Waals surface area contributed by atoms with Gasteiger partial charge in [0.15, 0.2) is 5.96 Å². The molecule has 0 aliphatic heterocycles. The Morgan fingerprint density at radius 2 is 2.00 bits per heavy atom. The van der Waals surface area contributed by atoms with Gasteiger partial charge in [-0.1, -0.05) is 19.1 Å². The highest BCUT2D eigenvalue weighted by molar-refractivity contribution is 7.11. The van der Waals surface area contributed by atoms with Gasteiger partial charge in [0.05, 0.1) is 13.7 Å². The van der Waals surface area contributed by atoms with E-state index in [4.69, 9.17) is 4.74 Å². The number of nitrogens with one attached hydrogen (secondary N) is 2. The van der Waals surface area contributed by atoms with Crippen LogP contribution in [0.5, 0.6) is 5.75 Å². The molecule has 0 unspecified atom stereocenters. The molecule has 0 radical (unpaired) electrons. The molecule has 1 amide bonds. The number of aromatic nitrogens is 1. The van der Waals surface area contributed by atoms with Crippen molar-refractivity contribution in [2.24, 2.45) is 4.99 Å². The summed E-state index contributed by atoms with van der Waals surface area (Å²) >= 11 is 1.68. The van der Waals surface area contributed by atoms with E-state index in [9.17, 15) is 4.79 Å². The fourth-order valence-electron chi connectivity index (χ4n) is 2.33. The number of aryl methyl sites for hydroxylation is 1. The van der Waals surface area contributed by atoms with Crippen molar-refractivity contribution in [3.8, 4) is 5.75 Å². The summed E-state index contributed by atoms with van der Waals surface area (Å²) in [5.74, 6) is 1.41. The molecule has 7 nitrogen and oxygen atoms in total. The van der Waals surface area contributed by atoms with Crippen LogP contribution in [0.2, 0.25) is 0 Å². The molecule has 0 spiro atoms. The van der Waals surface area contributed by atoms with Crippen molar-refractivity contribution in [3.05, 3.63) is 45.9 Å². The van der Waals surface area contributed by atoms with Gasteiger partial charge >= 0.3 is 0 Å². The predicted molar refractivity (Wildman–Crippen MR) is 114 cm³/mol. The van der Waals surface area contributed by atoms with Gasteiger partial charge in [-0.3, -0.25) is 4.79 Å². The van der Waals surface area contributed by atoms with Crippen LogP contribution in [-0.2, 0) is 24.2 Å². The lowest BCUT2D eigenvalue weighted by Gasteiger charge is -2.13. The molecule has 1 aromatic heterocycles. The minimum absolute atomic E-state index is 0.0428. The van der Waals surface area contributed by atoms with Crippen molar-refractivity contribution in [2.75, 3.05) is 34.3 Å². The Morgan fingerprint density at radius 3 is 2.61 bits per heavy atom. The summed E-state index contributed by atoms with van der Waals surface area (Å²) in [6.45, 7) is 3.50. The van der Waals surface area contributed by atoms with Gasteiger partial charge in [0.1, 0.15) is 17.3 Å². The highest BCUT2D eigenvalue weighted by Crippen LogP contribution is 2.13. The number of benzene rings is 1. The van der Waals surface area contributed by atoms with E-state index < -0.39 is 0 Å². The fourth-order valence-corrected chi connectivity index (χ4v) is 3.13. The summed E-state index contributed by atoms with van der Waals surface area (Å²) in [5, 5.41) is 7.56. The van der Waals surface area contributed by atoms with Gasteiger partial charge < -0.3 is 20.3 Å². The molecule has 1 aromatic carbocycles. The van der Waals surface area contributed by atoms with E-state index in [-0.39, 0.29) is 12.5 Å². The standard InChI is InChI=1S/C20H29N5O2S/c1-5-17-12-22-18(28-17)13-23-20(24-14-19(26)25(2)3)21-11-10-15-6-8-16(27-4)9-7-15/h6-9,12H,5,10-11,13-14H2,1-4H3,(H2,21,23,24). The normalized spacial score (nSPS) is 11.2. The Bertz CT molecular complexity index is 771. The molecule has 8 heteroatoms. The number of hydrogen-bond donors (Lipinski definition) is 2. The Morgan fingerprint density at radius 1 is 1.25 bits per heavy atom. The van der Waals surface area contributed by atoms with Gasteiger partial charge in [-0.25, -0.2) is 9.98 Å². The van der Waals surface area contributed by atoms with Crippen LogP contribution in [0.25, 0.3) is 0 Å². The van der Waals surface area contributed by atoms with E-state index in [2.05, 4.69) is 27.5 Å². The van der Waals surface area contributed by atoms with Crippen LogP contribution < -0.4 is 15.4 Å². The van der Waals surface area contributed by atoms with Gasteiger partial charge in [0.2, 0.25) is 5.91 Å². The molecule has 0 aliphatic carbocycles. The summed E-state index contributed by atoms with van der Waals surface area (Å²) < 4.78 is 5.18. The van der Waals surface area contributed by atoms with Crippen molar-refractivity contribution in [1.29, 1.82) is 0 Å². The fraction of sp³-hybridized carbons (Fsp3) is 0.450. The predicted octanol–water partition coefficient (Wildman–Crippen LogP) is 2.08. The van der Waals surface area contributed by atoms with Crippen LogP contribution in [0.3, 0.4) is 0 Å². The van der Waals surface area contributed by atoms with Crippen molar-refractivity contribution in [1.82, 2.24) is 20.5 Å². The van der Waals surface area contributed by atoms with Crippen LogP contribution >= 0.6 is 11.3 Å². The number of hydrogen-bond acceptors (Lipinski definition) is 5. The summed E-state index contributed by atoms with van der Waals surface area (Å²) in [5.41, 5.74) is 1.20. The zero-order chi connectivity index (χ0) is 20.4. The molecule has 152 valence electrons. The number of likely N-dealkylation sites (N-methyl/N-ethyl adjacent to an activating group) is 1. The van der Waals surface area contributed by atoms with Crippen LogP contribution in [0.1, 0.15) is 22.4 Å². The van der Waals surface area contributed by atoms with Gasteiger partial charge in [-0.15, -0.1) is 11.3 Å². The molecule has 0 aliphatic rings.